The number of carbonyl (C=O) groups is 1. The van der Waals surface area contributed by atoms with Crippen molar-refractivity contribution < 1.29 is 4.79 Å². The van der Waals surface area contributed by atoms with Crippen molar-refractivity contribution in [2.45, 2.75) is 39.5 Å². The van der Waals surface area contributed by atoms with Gasteiger partial charge in [-0.15, -0.1) is 0 Å². The van der Waals surface area contributed by atoms with Crippen LogP contribution in [0.4, 0.5) is 5.82 Å². The van der Waals surface area contributed by atoms with Gasteiger partial charge in [0.1, 0.15) is 11.5 Å². The first-order valence-corrected chi connectivity index (χ1v) is 7.77. The molecule has 4 nitrogen and oxygen atoms in total. The number of hydrogen-bond acceptors (Lipinski definition) is 3. The number of rotatable bonds is 4. The number of nitrogens with zero attached hydrogens (tertiary/aromatic N) is 3. The van der Waals surface area contributed by atoms with E-state index in [1.165, 1.54) is 25.7 Å². The molecule has 0 radical (unpaired) electrons. The lowest BCUT2D eigenvalue weighted by Gasteiger charge is -2.23. The van der Waals surface area contributed by atoms with Gasteiger partial charge < -0.3 is 9.80 Å². The highest BCUT2D eigenvalue weighted by Gasteiger charge is 2.16. The maximum Gasteiger partial charge on any atom is 0.272 e. The minimum Gasteiger partial charge on any atom is -0.357 e. The van der Waals surface area contributed by atoms with Crippen LogP contribution < -0.4 is 4.90 Å². The van der Waals surface area contributed by atoms with Crippen LogP contribution in [0.5, 0.6) is 0 Å². The van der Waals surface area contributed by atoms with Crippen molar-refractivity contribution >= 4 is 11.7 Å². The largest absolute Gasteiger partial charge is 0.357 e. The van der Waals surface area contributed by atoms with Crippen LogP contribution in [0.15, 0.2) is 18.2 Å². The predicted octanol–water partition coefficient (Wildman–Crippen LogP) is 2.94. The molecule has 20 heavy (non-hydrogen) atoms. The molecule has 1 fully saturated rings. The molecule has 1 aromatic heterocycles. The van der Waals surface area contributed by atoms with Gasteiger partial charge in [-0.3, -0.25) is 4.79 Å². The molecular formula is C16H25N3O. The van der Waals surface area contributed by atoms with Gasteiger partial charge in [-0.2, -0.15) is 0 Å². The molecule has 1 aliphatic rings. The van der Waals surface area contributed by atoms with Gasteiger partial charge in [0.15, 0.2) is 0 Å². The molecule has 1 aromatic rings. The van der Waals surface area contributed by atoms with Gasteiger partial charge in [-0.25, -0.2) is 4.98 Å². The Balaban J connectivity index is 2.16. The SMILES string of the molecule is CCN(CC)C(=O)c1cccc(N2CCCCCC2)n1. The fourth-order valence-corrected chi connectivity index (χ4v) is 2.69. The van der Waals surface area contributed by atoms with Crippen molar-refractivity contribution in [3.8, 4) is 0 Å². The van der Waals surface area contributed by atoms with Crippen LogP contribution in [0.1, 0.15) is 50.0 Å². The van der Waals surface area contributed by atoms with Crippen LogP contribution in [0.25, 0.3) is 0 Å². The van der Waals surface area contributed by atoms with Gasteiger partial charge in [0.05, 0.1) is 0 Å². The maximum absolute atomic E-state index is 12.4. The van der Waals surface area contributed by atoms with Crippen LogP contribution >= 0.6 is 0 Å². The highest BCUT2D eigenvalue weighted by molar-refractivity contribution is 5.92. The summed E-state index contributed by atoms with van der Waals surface area (Å²) in [5.41, 5.74) is 0.565. The van der Waals surface area contributed by atoms with Crippen LogP contribution in [0.3, 0.4) is 0 Å². The Morgan fingerprint density at radius 2 is 1.80 bits per heavy atom. The average molecular weight is 275 g/mol. The summed E-state index contributed by atoms with van der Waals surface area (Å²) in [5.74, 6) is 0.983. The molecular weight excluding hydrogens is 250 g/mol. The van der Waals surface area contributed by atoms with E-state index in [0.717, 1.165) is 32.0 Å². The molecule has 0 saturated carbocycles. The molecule has 0 aliphatic carbocycles. The molecule has 0 aromatic carbocycles. The first-order valence-electron chi connectivity index (χ1n) is 7.77. The molecule has 110 valence electrons. The lowest BCUT2D eigenvalue weighted by molar-refractivity contribution is 0.0767. The van der Waals surface area contributed by atoms with Crippen LogP contribution in [0.2, 0.25) is 0 Å². The zero-order valence-electron chi connectivity index (χ0n) is 12.6. The molecule has 0 spiro atoms. The van der Waals surface area contributed by atoms with E-state index in [-0.39, 0.29) is 5.91 Å². The first-order chi connectivity index (χ1) is 9.76. The fourth-order valence-electron chi connectivity index (χ4n) is 2.69. The van der Waals surface area contributed by atoms with Crippen LogP contribution in [-0.4, -0.2) is 42.0 Å². The second-order valence-corrected chi connectivity index (χ2v) is 5.26. The van der Waals surface area contributed by atoms with E-state index in [0.29, 0.717) is 5.69 Å². The summed E-state index contributed by atoms with van der Waals surface area (Å²) in [6, 6.07) is 5.79. The quantitative estimate of drug-likeness (QED) is 0.847. The third kappa shape index (κ3) is 3.50. The first kappa shape index (κ1) is 14.8. The monoisotopic (exact) mass is 275 g/mol. The third-order valence-corrected chi connectivity index (χ3v) is 3.93. The van der Waals surface area contributed by atoms with Crippen molar-refractivity contribution in [1.29, 1.82) is 0 Å². The molecule has 4 heteroatoms. The Kier molecular flexibility index (Phi) is 5.39. The second-order valence-electron chi connectivity index (χ2n) is 5.26. The number of amides is 1. The van der Waals surface area contributed by atoms with E-state index in [1.807, 2.05) is 36.9 Å². The summed E-state index contributed by atoms with van der Waals surface area (Å²) in [6.45, 7) is 7.56. The van der Waals surface area contributed by atoms with Crippen molar-refractivity contribution in [2.24, 2.45) is 0 Å². The van der Waals surface area contributed by atoms with E-state index < -0.39 is 0 Å². The normalized spacial score (nSPS) is 15.8. The van der Waals surface area contributed by atoms with Crippen molar-refractivity contribution in [1.82, 2.24) is 9.88 Å². The zero-order valence-corrected chi connectivity index (χ0v) is 12.6. The maximum atomic E-state index is 12.4. The fraction of sp³-hybridized carbons (Fsp3) is 0.625. The summed E-state index contributed by atoms with van der Waals surface area (Å²) >= 11 is 0. The van der Waals surface area contributed by atoms with E-state index in [4.69, 9.17) is 0 Å². The topological polar surface area (TPSA) is 36.4 Å². The van der Waals surface area contributed by atoms with Crippen molar-refractivity contribution in [3.63, 3.8) is 0 Å². The summed E-state index contributed by atoms with van der Waals surface area (Å²) < 4.78 is 0. The average Bonchev–Trinajstić information content (AvgIpc) is 2.77. The summed E-state index contributed by atoms with van der Waals surface area (Å²) in [6.07, 6.45) is 5.04. The third-order valence-electron chi connectivity index (χ3n) is 3.93. The summed E-state index contributed by atoms with van der Waals surface area (Å²) in [4.78, 5) is 21.1. The molecule has 0 bridgehead atoms. The number of anilines is 1. The summed E-state index contributed by atoms with van der Waals surface area (Å²) in [5, 5.41) is 0. The molecule has 1 aliphatic heterocycles. The van der Waals surface area contributed by atoms with Crippen LogP contribution in [-0.2, 0) is 0 Å². The van der Waals surface area contributed by atoms with E-state index >= 15 is 0 Å². The highest BCUT2D eigenvalue weighted by Crippen LogP contribution is 2.18. The second kappa shape index (κ2) is 7.27. The standard InChI is InChI=1S/C16H25N3O/c1-3-18(4-2)16(20)14-10-9-11-15(17-14)19-12-7-5-6-8-13-19/h9-11H,3-8,12-13H2,1-2H3. The number of aromatic nitrogens is 1. The number of carbonyl (C=O) groups excluding carboxylic acids is 1. The van der Waals surface area contributed by atoms with Crippen molar-refractivity contribution in [2.75, 3.05) is 31.1 Å². The predicted molar refractivity (Wildman–Crippen MR) is 82.2 cm³/mol. The van der Waals surface area contributed by atoms with Gasteiger partial charge in [0.2, 0.25) is 0 Å². The van der Waals surface area contributed by atoms with Gasteiger partial charge in [-0.05, 0) is 38.8 Å². The molecule has 1 saturated heterocycles. The van der Waals surface area contributed by atoms with E-state index in [9.17, 15) is 4.79 Å². The molecule has 0 atom stereocenters. The molecule has 1 amide bonds. The molecule has 2 rings (SSSR count). The minimum absolute atomic E-state index is 0.0340. The summed E-state index contributed by atoms with van der Waals surface area (Å²) in [7, 11) is 0. The minimum atomic E-state index is 0.0340. The van der Waals surface area contributed by atoms with E-state index in [1.54, 1.807) is 0 Å². The lowest BCUT2D eigenvalue weighted by atomic mass is 10.2. The Morgan fingerprint density at radius 1 is 1.15 bits per heavy atom. The Bertz CT molecular complexity index is 435. The zero-order chi connectivity index (χ0) is 14.4. The van der Waals surface area contributed by atoms with Crippen LogP contribution in [0, 0.1) is 0 Å². The Labute approximate surface area is 121 Å². The lowest BCUT2D eigenvalue weighted by Crippen LogP contribution is -2.32. The number of pyridine rings is 1. The van der Waals surface area contributed by atoms with Gasteiger partial charge in [0, 0.05) is 26.2 Å². The van der Waals surface area contributed by atoms with Gasteiger partial charge >= 0.3 is 0 Å². The number of hydrogen-bond donors (Lipinski definition) is 0. The van der Waals surface area contributed by atoms with Gasteiger partial charge in [0.25, 0.3) is 5.91 Å². The Morgan fingerprint density at radius 3 is 2.40 bits per heavy atom. The highest BCUT2D eigenvalue weighted by atomic mass is 16.2. The molecule has 0 N–H and O–H groups in total. The van der Waals surface area contributed by atoms with Crippen molar-refractivity contribution in [3.05, 3.63) is 23.9 Å². The van der Waals surface area contributed by atoms with Gasteiger partial charge in [-0.1, -0.05) is 18.9 Å². The molecule has 2 heterocycles. The Hall–Kier alpha value is -1.58. The molecule has 0 unspecified atom stereocenters. The smallest absolute Gasteiger partial charge is 0.272 e. The van der Waals surface area contributed by atoms with E-state index in [2.05, 4.69) is 9.88 Å².